The van der Waals surface area contributed by atoms with Crippen LogP contribution >= 0.6 is 11.8 Å². The molecule has 0 saturated heterocycles. The van der Waals surface area contributed by atoms with Crippen LogP contribution in [0.4, 0.5) is 0 Å². The van der Waals surface area contributed by atoms with E-state index < -0.39 is 0 Å². The Morgan fingerprint density at radius 2 is 1.59 bits per heavy atom. The molecule has 0 atom stereocenters. The van der Waals surface area contributed by atoms with Gasteiger partial charge >= 0.3 is 0 Å². The molecule has 22 heavy (non-hydrogen) atoms. The smallest absolute Gasteiger partial charge is 0.194 e. The fraction of sp³-hybridized carbons (Fsp3) is 0.0556. The van der Waals surface area contributed by atoms with Crippen molar-refractivity contribution in [3.05, 3.63) is 75.2 Å². The van der Waals surface area contributed by atoms with E-state index in [2.05, 4.69) is 4.99 Å². The number of allylic oxidation sites excluding steroid dienone is 1. The van der Waals surface area contributed by atoms with Gasteiger partial charge in [-0.3, -0.25) is 14.6 Å². The van der Waals surface area contributed by atoms with Gasteiger partial charge in [-0.05, 0) is 23.8 Å². The van der Waals surface area contributed by atoms with E-state index in [1.54, 1.807) is 48.2 Å². The van der Waals surface area contributed by atoms with Gasteiger partial charge in [0, 0.05) is 33.4 Å². The van der Waals surface area contributed by atoms with E-state index in [4.69, 9.17) is 0 Å². The van der Waals surface area contributed by atoms with E-state index in [1.165, 1.54) is 0 Å². The maximum absolute atomic E-state index is 12.6. The van der Waals surface area contributed by atoms with Crippen molar-refractivity contribution in [3.8, 4) is 0 Å². The first-order valence-corrected chi connectivity index (χ1v) is 7.89. The molecule has 106 valence electrons. The minimum Gasteiger partial charge on any atom is -0.289 e. The molecule has 0 fully saturated rings. The molecule has 0 aromatic heterocycles. The van der Waals surface area contributed by atoms with Gasteiger partial charge in [-0.2, -0.15) is 0 Å². The van der Waals surface area contributed by atoms with Crippen LogP contribution in [0.1, 0.15) is 37.4 Å². The summed E-state index contributed by atoms with van der Waals surface area (Å²) in [4.78, 5) is 30.4. The topological polar surface area (TPSA) is 46.5 Å². The molecule has 0 N–H and O–H groups in total. The van der Waals surface area contributed by atoms with Crippen molar-refractivity contribution >= 4 is 35.6 Å². The maximum Gasteiger partial charge on any atom is 0.194 e. The second-order valence-electron chi connectivity index (χ2n) is 5.14. The average molecular weight is 305 g/mol. The number of benzene rings is 2. The Hall–Kier alpha value is -2.46. The molecule has 2 aromatic rings. The van der Waals surface area contributed by atoms with Gasteiger partial charge in [-0.15, -0.1) is 11.8 Å². The van der Waals surface area contributed by atoms with E-state index in [0.29, 0.717) is 22.3 Å². The Kier molecular flexibility index (Phi) is 3.05. The average Bonchev–Trinajstić information content (AvgIpc) is 3.05. The molecule has 0 radical (unpaired) electrons. The van der Waals surface area contributed by atoms with Crippen molar-refractivity contribution in [1.29, 1.82) is 0 Å². The van der Waals surface area contributed by atoms with Crippen LogP contribution in [0, 0.1) is 0 Å². The Bertz CT molecular complexity index is 880. The molecule has 2 aromatic carbocycles. The van der Waals surface area contributed by atoms with Crippen molar-refractivity contribution in [2.75, 3.05) is 5.88 Å². The molecule has 4 rings (SSSR count). The molecule has 4 heteroatoms. The van der Waals surface area contributed by atoms with Gasteiger partial charge in [-0.1, -0.05) is 30.3 Å². The quantitative estimate of drug-likeness (QED) is 0.690. The number of hydrogen-bond donors (Lipinski definition) is 0. The number of thioether (sulfide) groups is 1. The van der Waals surface area contributed by atoms with Crippen LogP contribution in [-0.2, 0) is 0 Å². The summed E-state index contributed by atoms with van der Waals surface area (Å²) in [5, 5.41) is 0. The van der Waals surface area contributed by atoms with Crippen LogP contribution in [0.5, 0.6) is 0 Å². The lowest BCUT2D eigenvalue weighted by atomic mass is 9.83. The number of nitrogens with zero attached hydrogens (tertiary/aromatic N) is 1. The monoisotopic (exact) mass is 305 g/mol. The van der Waals surface area contributed by atoms with Crippen LogP contribution in [-0.4, -0.2) is 23.7 Å². The number of carbonyl (C=O) groups excluding carboxylic acids is 2. The molecule has 0 amide bonds. The van der Waals surface area contributed by atoms with Gasteiger partial charge in [0.25, 0.3) is 0 Å². The lowest BCUT2D eigenvalue weighted by Gasteiger charge is -2.17. The van der Waals surface area contributed by atoms with Crippen LogP contribution in [0.2, 0.25) is 0 Å². The Balaban J connectivity index is 1.83. The zero-order chi connectivity index (χ0) is 15.1. The number of ketones is 2. The number of hydrogen-bond acceptors (Lipinski definition) is 4. The predicted octanol–water partition coefficient (Wildman–Crippen LogP) is 3.58. The summed E-state index contributed by atoms with van der Waals surface area (Å²) in [6.45, 7) is 0. The first kappa shape index (κ1) is 13.2. The van der Waals surface area contributed by atoms with Crippen molar-refractivity contribution < 1.29 is 9.59 Å². The first-order valence-electron chi connectivity index (χ1n) is 6.91. The summed E-state index contributed by atoms with van der Waals surface area (Å²) in [6, 6.07) is 12.4. The normalized spacial score (nSPS) is 17.7. The lowest BCUT2D eigenvalue weighted by Crippen LogP contribution is -2.20. The zero-order valence-corrected chi connectivity index (χ0v) is 12.4. The summed E-state index contributed by atoms with van der Waals surface area (Å²) in [5.41, 5.74) is 2.86. The molecule has 1 heterocycles. The van der Waals surface area contributed by atoms with Crippen molar-refractivity contribution in [1.82, 2.24) is 0 Å². The highest BCUT2D eigenvalue weighted by Gasteiger charge is 2.29. The van der Waals surface area contributed by atoms with Crippen LogP contribution in [0.25, 0.3) is 6.08 Å². The molecule has 0 saturated carbocycles. The second-order valence-corrected chi connectivity index (χ2v) is 6.16. The predicted molar refractivity (Wildman–Crippen MR) is 88.7 cm³/mol. The highest BCUT2D eigenvalue weighted by Crippen LogP contribution is 2.29. The standard InChI is InChI=1S/C18H11NO2S/c20-17-13-3-1-2-4-14(13)18(21)16-8-11(5-6-15(16)17)7-12-9-19-10-22-12/h1-9H,10H2. The minimum absolute atomic E-state index is 0.0822. The fourth-order valence-electron chi connectivity index (χ4n) is 2.73. The largest absolute Gasteiger partial charge is 0.289 e. The summed E-state index contributed by atoms with van der Waals surface area (Å²) in [5.74, 6) is 0.570. The first-order chi connectivity index (χ1) is 10.7. The van der Waals surface area contributed by atoms with Gasteiger partial charge in [0.2, 0.25) is 0 Å². The van der Waals surface area contributed by atoms with Gasteiger partial charge in [0.05, 0.1) is 5.88 Å². The Morgan fingerprint density at radius 3 is 2.27 bits per heavy atom. The zero-order valence-electron chi connectivity index (χ0n) is 11.6. The second kappa shape index (κ2) is 5.07. The van der Waals surface area contributed by atoms with Crippen molar-refractivity contribution in [2.45, 2.75) is 0 Å². The molecular formula is C18H11NO2S. The number of fused-ring (bicyclic) bond motifs is 2. The number of rotatable bonds is 1. The van der Waals surface area contributed by atoms with Gasteiger partial charge in [0.1, 0.15) is 0 Å². The van der Waals surface area contributed by atoms with Crippen LogP contribution < -0.4 is 0 Å². The van der Waals surface area contributed by atoms with Crippen molar-refractivity contribution in [2.24, 2.45) is 4.99 Å². The SMILES string of the molecule is O=C1c2ccccc2C(=O)c2cc(C=C3C=NCS3)ccc21. The van der Waals surface area contributed by atoms with E-state index in [-0.39, 0.29) is 11.6 Å². The third-order valence-corrected chi connectivity index (χ3v) is 4.62. The van der Waals surface area contributed by atoms with Crippen molar-refractivity contribution in [3.63, 3.8) is 0 Å². The van der Waals surface area contributed by atoms with E-state index >= 15 is 0 Å². The molecule has 2 aliphatic rings. The van der Waals surface area contributed by atoms with E-state index in [9.17, 15) is 9.59 Å². The molecular weight excluding hydrogens is 294 g/mol. The lowest BCUT2D eigenvalue weighted by molar-refractivity contribution is 0.0979. The molecule has 0 unspecified atom stereocenters. The summed E-state index contributed by atoms with van der Waals surface area (Å²) >= 11 is 1.65. The number of carbonyl (C=O) groups is 2. The molecule has 1 aliphatic heterocycles. The van der Waals surface area contributed by atoms with E-state index in [0.717, 1.165) is 16.3 Å². The van der Waals surface area contributed by atoms with Gasteiger partial charge in [-0.25, -0.2) is 0 Å². The third-order valence-electron chi connectivity index (χ3n) is 3.78. The number of aliphatic imine (C=N–C) groups is 1. The summed E-state index contributed by atoms with van der Waals surface area (Å²) in [7, 11) is 0. The molecule has 3 nitrogen and oxygen atoms in total. The fourth-order valence-corrected chi connectivity index (χ4v) is 3.39. The Labute approximate surface area is 131 Å². The van der Waals surface area contributed by atoms with Crippen LogP contribution in [0.3, 0.4) is 0 Å². The minimum atomic E-state index is -0.0850. The molecule has 0 bridgehead atoms. The molecule has 0 spiro atoms. The van der Waals surface area contributed by atoms with Crippen LogP contribution in [0.15, 0.2) is 52.4 Å². The summed E-state index contributed by atoms with van der Waals surface area (Å²) in [6.07, 6.45) is 3.81. The summed E-state index contributed by atoms with van der Waals surface area (Å²) < 4.78 is 0. The third kappa shape index (κ3) is 2.04. The van der Waals surface area contributed by atoms with E-state index in [1.807, 2.05) is 18.4 Å². The highest BCUT2D eigenvalue weighted by molar-refractivity contribution is 8.04. The van der Waals surface area contributed by atoms with Gasteiger partial charge in [0.15, 0.2) is 11.6 Å². The maximum atomic E-state index is 12.6. The molecule has 1 aliphatic carbocycles. The van der Waals surface area contributed by atoms with Gasteiger partial charge < -0.3 is 0 Å². The highest BCUT2D eigenvalue weighted by atomic mass is 32.2. The Morgan fingerprint density at radius 1 is 0.909 bits per heavy atom.